The molecular weight excluding hydrogens is 372 g/mol. The van der Waals surface area contributed by atoms with E-state index in [1.807, 2.05) is 18.2 Å². The van der Waals surface area contributed by atoms with Crippen molar-refractivity contribution in [3.8, 4) is 17.2 Å². The van der Waals surface area contributed by atoms with Crippen molar-refractivity contribution in [2.45, 2.75) is 6.54 Å². The first-order valence-corrected chi connectivity index (χ1v) is 8.85. The molecule has 0 saturated heterocycles. The number of nitrogens with one attached hydrogen (secondary N) is 2. The molecule has 0 atom stereocenters. The number of hydrogen-bond donors (Lipinski definition) is 2. The van der Waals surface area contributed by atoms with Crippen LogP contribution < -0.4 is 24.8 Å². The van der Waals surface area contributed by atoms with Crippen LogP contribution in [0.25, 0.3) is 0 Å². The van der Waals surface area contributed by atoms with Gasteiger partial charge < -0.3 is 24.8 Å². The summed E-state index contributed by atoms with van der Waals surface area (Å²) in [5.74, 6) is 2.09. The van der Waals surface area contributed by atoms with Gasteiger partial charge >= 0.3 is 0 Å². The number of rotatable bonds is 8. The summed E-state index contributed by atoms with van der Waals surface area (Å²) in [7, 11) is 4.76. The van der Waals surface area contributed by atoms with Gasteiger partial charge in [0.15, 0.2) is 11.5 Å². The largest absolute Gasteiger partial charge is 0.497 e. The predicted molar refractivity (Wildman–Crippen MR) is 110 cm³/mol. The first-order chi connectivity index (χ1) is 14.1. The Morgan fingerprint density at radius 3 is 2.38 bits per heavy atom. The number of ether oxygens (including phenoxy) is 3. The molecule has 1 amide bonds. The van der Waals surface area contributed by atoms with Gasteiger partial charge in [0.2, 0.25) is 5.95 Å². The van der Waals surface area contributed by atoms with Crippen molar-refractivity contribution in [3.05, 3.63) is 66.0 Å². The molecule has 2 aromatic carbocycles. The number of anilines is 2. The lowest BCUT2D eigenvalue weighted by atomic mass is 10.2. The van der Waals surface area contributed by atoms with Crippen LogP contribution in [0.15, 0.2) is 54.9 Å². The molecule has 150 valence electrons. The Balaban J connectivity index is 1.60. The summed E-state index contributed by atoms with van der Waals surface area (Å²) in [6.45, 7) is 0.496. The van der Waals surface area contributed by atoms with Gasteiger partial charge in [-0.15, -0.1) is 0 Å². The van der Waals surface area contributed by atoms with E-state index in [-0.39, 0.29) is 5.91 Å². The van der Waals surface area contributed by atoms with Gasteiger partial charge in [0.25, 0.3) is 5.91 Å². The number of hydrogen-bond acceptors (Lipinski definition) is 7. The number of nitrogens with zero attached hydrogens (tertiary/aromatic N) is 2. The highest BCUT2D eigenvalue weighted by atomic mass is 16.5. The average molecular weight is 394 g/mol. The van der Waals surface area contributed by atoms with E-state index >= 15 is 0 Å². The van der Waals surface area contributed by atoms with Crippen molar-refractivity contribution < 1.29 is 19.0 Å². The second kappa shape index (κ2) is 9.41. The molecule has 8 nitrogen and oxygen atoms in total. The highest BCUT2D eigenvalue weighted by Gasteiger charge is 2.09. The maximum absolute atomic E-state index is 12.4. The van der Waals surface area contributed by atoms with Crippen LogP contribution in [0.4, 0.5) is 11.6 Å². The summed E-state index contributed by atoms with van der Waals surface area (Å²) in [5, 5.41) is 5.90. The maximum atomic E-state index is 12.4. The molecule has 0 fully saturated rings. The third-order valence-corrected chi connectivity index (χ3v) is 4.14. The minimum atomic E-state index is -0.301. The third-order valence-electron chi connectivity index (χ3n) is 4.14. The minimum absolute atomic E-state index is 0.301. The van der Waals surface area contributed by atoms with Crippen LogP contribution in [0.1, 0.15) is 15.9 Å². The van der Waals surface area contributed by atoms with E-state index in [9.17, 15) is 4.79 Å². The van der Waals surface area contributed by atoms with Crippen LogP contribution in [0.3, 0.4) is 0 Å². The highest BCUT2D eigenvalue weighted by molar-refractivity contribution is 6.03. The van der Waals surface area contributed by atoms with Gasteiger partial charge in [-0.25, -0.2) is 9.97 Å². The lowest BCUT2D eigenvalue weighted by Gasteiger charge is -2.10. The lowest BCUT2D eigenvalue weighted by Crippen LogP contribution is -2.13. The molecule has 8 heteroatoms. The summed E-state index contributed by atoms with van der Waals surface area (Å²) in [6.07, 6.45) is 2.94. The fraction of sp³-hybridized carbons (Fsp3) is 0.190. The second-order valence-corrected chi connectivity index (χ2v) is 6.02. The number of carbonyl (C=O) groups excluding carboxylic acids is 1. The van der Waals surface area contributed by atoms with Crippen molar-refractivity contribution in [3.63, 3.8) is 0 Å². The molecule has 0 unspecified atom stereocenters. The predicted octanol–water partition coefficient (Wildman–Crippen LogP) is 3.37. The number of benzene rings is 2. The van der Waals surface area contributed by atoms with E-state index < -0.39 is 0 Å². The third kappa shape index (κ3) is 5.13. The van der Waals surface area contributed by atoms with Crippen LogP contribution in [0.5, 0.6) is 17.2 Å². The molecular formula is C21H22N4O4. The summed E-state index contributed by atoms with van der Waals surface area (Å²) in [6, 6.07) is 12.7. The number of carbonyl (C=O) groups is 1. The Morgan fingerprint density at radius 1 is 0.931 bits per heavy atom. The van der Waals surface area contributed by atoms with Crippen LogP contribution in [-0.4, -0.2) is 37.2 Å². The first-order valence-electron chi connectivity index (χ1n) is 8.85. The van der Waals surface area contributed by atoms with Crippen LogP contribution in [0, 0.1) is 0 Å². The normalized spacial score (nSPS) is 10.2. The van der Waals surface area contributed by atoms with Gasteiger partial charge in [-0.3, -0.25) is 4.79 Å². The van der Waals surface area contributed by atoms with Crippen molar-refractivity contribution in [2.75, 3.05) is 32.0 Å². The molecule has 3 rings (SSSR count). The van der Waals surface area contributed by atoms with Crippen molar-refractivity contribution in [2.24, 2.45) is 0 Å². The fourth-order valence-electron chi connectivity index (χ4n) is 2.61. The zero-order chi connectivity index (χ0) is 20.6. The Hall–Kier alpha value is -3.81. The number of aromatic nitrogens is 2. The standard InChI is InChI=1S/C21H22N4O4/c1-27-17-6-4-5-16(10-17)25-20(26)15-12-23-21(24-13-15)22-11-14-7-8-18(28-2)19(9-14)29-3/h4-10,12-13H,11H2,1-3H3,(H,25,26)(H,22,23,24). The molecule has 0 radical (unpaired) electrons. The van der Waals surface area contributed by atoms with Crippen LogP contribution in [0.2, 0.25) is 0 Å². The van der Waals surface area contributed by atoms with E-state index in [1.165, 1.54) is 12.4 Å². The van der Waals surface area contributed by atoms with Crippen molar-refractivity contribution >= 4 is 17.5 Å². The maximum Gasteiger partial charge on any atom is 0.258 e. The molecule has 1 aromatic heterocycles. The molecule has 0 spiro atoms. The summed E-state index contributed by atoms with van der Waals surface area (Å²) < 4.78 is 15.7. The van der Waals surface area contributed by atoms with Crippen molar-refractivity contribution in [1.29, 1.82) is 0 Å². The smallest absolute Gasteiger partial charge is 0.258 e. The topological polar surface area (TPSA) is 94.6 Å². The fourth-order valence-corrected chi connectivity index (χ4v) is 2.61. The van der Waals surface area contributed by atoms with Gasteiger partial charge in [0.1, 0.15) is 5.75 Å². The summed E-state index contributed by atoms with van der Waals surface area (Å²) >= 11 is 0. The zero-order valence-electron chi connectivity index (χ0n) is 16.4. The lowest BCUT2D eigenvalue weighted by molar-refractivity contribution is 0.102. The minimum Gasteiger partial charge on any atom is -0.497 e. The quantitative estimate of drug-likeness (QED) is 0.605. The summed E-state index contributed by atoms with van der Waals surface area (Å²) in [5.41, 5.74) is 1.96. The van der Waals surface area contributed by atoms with E-state index in [0.717, 1.165) is 5.56 Å². The Kier molecular flexibility index (Phi) is 6.47. The average Bonchev–Trinajstić information content (AvgIpc) is 2.77. The van der Waals surface area contributed by atoms with Gasteiger partial charge in [0, 0.05) is 30.7 Å². The van der Waals surface area contributed by atoms with Crippen LogP contribution in [-0.2, 0) is 6.54 Å². The van der Waals surface area contributed by atoms with E-state index in [1.54, 1.807) is 45.6 Å². The molecule has 0 aliphatic carbocycles. The highest BCUT2D eigenvalue weighted by Crippen LogP contribution is 2.27. The van der Waals surface area contributed by atoms with Gasteiger partial charge in [0.05, 0.1) is 26.9 Å². The van der Waals surface area contributed by atoms with Gasteiger partial charge in [-0.05, 0) is 29.8 Å². The molecule has 2 N–H and O–H groups in total. The van der Waals surface area contributed by atoms with E-state index in [0.29, 0.717) is 41.0 Å². The second-order valence-electron chi connectivity index (χ2n) is 6.02. The first kappa shape index (κ1) is 19.9. The molecule has 1 heterocycles. The van der Waals surface area contributed by atoms with Crippen molar-refractivity contribution in [1.82, 2.24) is 9.97 Å². The Bertz CT molecular complexity index is 977. The van der Waals surface area contributed by atoms with Crippen LogP contribution >= 0.6 is 0 Å². The molecule has 0 saturated carbocycles. The zero-order valence-corrected chi connectivity index (χ0v) is 16.4. The number of methoxy groups -OCH3 is 3. The SMILES string of the molecule is COc1cccc(NC(=O)c2cnc(NCc3ccc(OC)c(OC)c3)nc2)c1. The van der Waals surface area contributed by atoms with Gasteiger partial charge in [-0.2, -0.15) is 0 Å². The van der Waals surface area contributed by atoms with E-state index in [4.69, 9.17) is 14.2 Å². The molecule has 0 bridgehead atoms. The molecule has 3 aromatic rings. The Labute approximate surface area is 168 Å². The van der Waals surface area contributed by atoms with E-state index in [2.05, 4.69) is 20.6 Å². The molecule has 0 aliphatic rings. The Morgan fingerprint density at radius 2 is 1.69 bits per heavy atom. The summed E-state index contributed by atoms with van der Waals surface area (Å²) in [4.78, 5) is 20.8. The van der Waals surface area contributed by atoms with Gasteiger partial charge in [-0.1, -0.05) is 12.1 Å². The molecule has 0 aliphatic heterocycles. The number of amides is 1. The monoisotopic (exact) mass is 394 g/mol. The molecule has 29 heavy (non-hydrogen) atoms.